The molecule has 0 bridgehead atoms. The van der Waals surface area contributed by atoms with E-state index in [1.54, 1.807) is 0 Å². The van der Waals surface area contributed by atoms with Crippen molar-refractivity contribution in [2.75, 3.05) is 0 Å². The first kappa shape index (κ1) is 32.5. The number of hydrogen-bond donors (Lipinski definition) is 0. The van der Waals surface area contributed by atoms with Crippen LogP contribution in [0.15, 0.2) is 204 Å². The van der Waals surface area contributed by atoms with Gasteiger partial charge in [-0.3, -0.25) is 0 Å². The van der Waals surface area contributed by atoms with Crippen molar-refractivity contribution in [2.45, 2.75) is 15.2 Å². The fourth-order valence-corrected chi connectivity index (χ4v) is 9.70. The Morgan fingerprint density at radius 2 is 0.786 bits per heavy atom. The van der Waals surface area contributed by atoms with E-state index >= 15 is 0 Å². The molecular weight excluding hydrogens is 701 g/mol. The van der Waals surface area contributed by atoms with Gasteiger partial charge in [0.15, 0.2) is 17.5 Å². The van der Waals surface area contributed by atoms with Gasteiger partial charge in [-0.25, -0.2) is 19.9 Å². The summed E-state index contributed by atoms with van der Waals surface area (Å²) < 4.78 is 0. The van der Waals surface area contributed by atoms with E-state index in [9.17, 15) is 0 Å². The molecule has 0 amide bonds. The molecule has 2 aliphatic rings. The van der Waals surface area contributed by atoms with E-state index in [-0.39, 0.29) is 0 Å². The Bertz CT molecular complexity index is 2910. The van der Waals surface area contributed by atoms with Crippen LogP contribution in [0.25, 0.3) is 67.8 Å². The van der Waals surface area contributed by atoms with Gasteiger partial charge < -0.3 is 0 Å². The summed E-state index contributed by atoms with van der Waals surface area (Å²) in [6.45, 7) is 0. The first-order valence-electron chi connectivity index (χ1n) is 18.8. The van der Waals surface area contributed by atoms with E-state index in [1.807, 2.05) is 48.2 Å². The summed E-state index contributed by atoms with van der Waals surface area (Å²) in [4.78, 5) is 23.1. The molecule has 1 aliphatic carbocycles. The fourth-order valence-electron chi connectivity index (χ4n) is 8.53. The summed E-state index contributed by atoms with van der Waals surface area (Å²) >= 11 is 1.84. The molecule has 7 aromatic carbocycles. The highest BCUT2D eigenvalue weighted by Crippen LogP contribution is 2.62. The molecule has 0 atom stereocenters. The standard InChI is InChI=1S/C51H32N4S/c1-3-15-33(16-4-1)44-26-14-27-45(52-44)35-19-13-20-36(31-35)49-53-48(34-17-5-2-6-18-34)54-50(55-49)37-29-30-47-43(32-37)51(42-25-11-12-28-46(42)56-47)40-23-9-7-21-38(40)39-22-8-10-24-41(39)51/h1-32H. The first-order valence-corrected chi connectivity index (χ1v) is 19.6. The molecule has 11 rings (SSSR count). The Balaban J connectivity index is 1.09. The van der Waals surface area contributed by atoms with Crippen LogP contribution in [0.1, 0.15) is 22.3 Å². The lowest BCUT2D eigenvalue weighted by molar-refractivity contribution is 0.722. The molecule has 0 saturated heterocycles. The molecule has 3 heterocycles. The van der Waals surface area contributed by atoms with Gasteiger partial charge in [0.1, 0.15) is 0 Å². The Kier molecular flexibility index (Phi) is 7.61. The highest BCUT2D eigenvalue weighted by Gasteiger charge is 2.50. The summed E-state index contributed by atoms with van der Waals surface area (Å²) in [6.07, 6.45) is 0. The van der Waals surface area contributed by atoms with Gasteiger partial charge in [0.25, 0.3) is 0 Å². The maximum atomic E-state index is 5.25. The van der Waals surface area contributed by atoms with Crippen LogP contribution in [0.2, 0.25) is 0 Å². The van der Waals surface area contributed by atoms with E-state index in [0.29, 0.717) is 17.5 Å². The van der Waals surface area contributed by atoms with Gasteiger partial charge in [-0.2, -0.15) is 0 Å². The third-order valence-electron chi connectivity index (χ3n) is 11.0. The van der Waals surface area contributed by atoms with Gasteiger partial charge in [-0.15, -0.1) is 0 Å². The number of nitrogens with zero attached hydrogens (tertiary/aromatic N) is 4. The molecular formula is C51H32N4S. The van der Waals surface area contributed by atoms with Gasteiger partial charge in [0, 0.05) is 37.6 Å². The topological polar surface area (TPSA) is 51.6 Å². The summed E-state index contributed by atoms with van der Waals surface area (Å²) in [7, 11) is 0. The number of benzene rings is 7. The Labute approximate surface area is 329 Å². The van der Waals surface area contributed by atoms with Gasteiger partial charge in [-0.1, -0.05) is 169 Å². The second kappa shape index (κ2) is 13.1. The molecule has 0 unspecified atom stereocenters. The molecule has 262 valence electrons. The summed E-state index contributed by atoms with van der Waals surface area (Å²) in [5.74, 6) is 1.87. The zero-order valence-corrected chi connectivity index (χ0v) is 31.0. The van der Waals surface area contributed by atoms with Crippen LogP contribution >= 0.6 is 11.8 Å². The normalized spacial score (nSPS) is 13.1. The van der Waals surface area contributed by atoms with Crippen LogP contribution in [0.3, 0.4) is 0 Å². The summed E-state index contributed by atoms with van der Waals surface area (Å²) in [5.41, 5.74) is 13.9. The molecule has 0 N–H and O–H groups in total. The lowest BCUT2D eigenvalue weighted by atomic mass is 9.67. The minimum Gasteiger partial charge on any atom is -0.248 e. The molecule has 56 heavy (non-hydrogen) atoms. The Hall–Kier alpha value is -6.95. The Morgan fingerprint density at radius 3 is 1.48 bits per heavy atom. The predicted octanol–water partition coefficient (Wildman–Crippen LogP) is 12.4. The van der Waals surface area contributed by atoms with E-state index < -0.39 is 5.41 Å². The van der Waals surface area contributed by atoms with E-state index in [0.717, 1.165) is 39.2 Å². The number of pyridine rings is 1. The SMILES string of the molecule is c1ccc(-c2cccc(-c3cccc(-c4nc(-c5ccccc5)nc(-c5ccc6c(c5)C5(c7ccccc7S6)c6ccccc6-c6ccccc65)n4)c3)n2)cc1. The fraction of sp³-hybridized carbons (Fsp3) is 0.0196. The van der Waals surface area contributed by atoms with Crippen molar-refractivity contribution in [2.24, 2.45) is 0 Å². The lowest BCUT2D eigenvalue weighted by Crippen LogP contribution is -2.32. The molecule has 1 spiro atoms. The lowest BCUT2D eigenvalue weighted by Gasteiger charge is -2.39. The van der Waals surface area contributed by atoms with Crippen molar-refractivity contribution in [3.8, 4) is 67.8 Å². The van der Waals surface area contributed by atoms with Crippen molar-refractivity contribution >= 4 is 11.8 Å². The van der Waals surface area contributed by atoms with Crippen LogP contribution in [0, 0.1) is 0 Å². The zero-order valence-electron chi connectivity index (χ0n) is 30.2. The minimum atomic E-state index is -0.492. The maximum absolute atomic E-state index is 5.25. The molecule has 0 radical (unpaired) electrons. The molecule has 1 aliphatic heterocycles. The van der Waals surface area contributed by atoms with Gasteiger partial charge >= 0.3 is 0 Å². The molecule has 9 aromatic rings. The zero-order chi connectivity index (χ0) is 37.1. The van der Waals surface area contributed by atoms with Crippen molar-refractivity contribution in [3.63, 3.8) is 0 Å². The number of fused-ring (bicyclic) bond motifs is 9. The van der Waals surface area contributed by atoms with Crippen LogP contribution in [-0.2, 0) is 5.41 Å². The monoisotopic (exact) mass is 732 g/mol. The van der Waals surface area contributed by atoms with Gasteiger partial charge in [0.05, 0.1) is 16.8 Å². The first-order chi connectivity index (χ1) is 27.7. The highest BCUT2D eigenvalue weighted by molar-refractivity contribution is 7.99. The maximum Gasteiger partial charge on any atom is 0.164 e. The molecule has 4 nitrogen and oxygen atoms in total. The highest BCUT2D eigenvalue weighted by atomic mass is 32.2. The summed E-state index contributed by atoms with van der Waals surface area (Å²) in [6, 6.07) is 68.4. The molecule has 2 aromatic heterocycles. The van der Waals surface area contributed by atoms with Crippen LogP contribution < -0.4 is 0 Å². The van der Waals surface area contributed by atoms with Crippen molar-refractivity contribution in [1.82, 2.24) is 19.9 Å². The average molecular weight is 733 g/mol. The number of rotatable bonds is 5. The number of hydrogen-bond acceptors (Lipinski definition) is 5. The second-order valence-corrected chi connectivity index (χ2v) is 15.3. The second-order valence-electron chi connectivity index (χ2n) is 14.2. The van der Waals surface area contributed by atoms with E-state index in [4.69, 9.17) is 19.9 Å². The van der Waals surface area contributed by atoms with Gasteiger partial charge in [-0.05, 0) is 69.8 Å². The van der Waals surface area contributed by atoms with Crippen molar-refractivity contribution in [3.05, 3.63) is 216 Å². The quantitative estimate of drug-likeness (QED) is 0.176. The Morgan fingerprint density at radius 1 is 0.304 bits per heavy atom. The van der Waals surface area contributed by atoms with Crippen molar-refractivity contribution < 1.29 is 0 Å². The predicted molar refractivity (Wildman–Crippen MR) is 226 cm³/mol. The van der Waals surface area contributed by atoms with Gasteiger partial charge in [0.2, 0.25) is 0 Å². The third-order valence-corrected chi connectivity index (χ3v) is 12.2. The van der Waals surface area contributed by atoms with E-state index in [1.165, 1.54) is 43.2 Å². The third kappa shape index (κ3) is 5.16. The van der Waals surface area contributed by atoms with Crippen molar-refractivity contribution in [1.29, 1.82) is 0 Å². The molecule has 5 heteroatoms. The van der Waals surface area contributed by atoms with Crippen LogP contribution in [-0.4, -0.2) is 19.9 Å². The van der Waals surface area contributed by atoms with Crippen LogP contribution in [0.5, 0.6) is 0 Å². The minimum absolute atomic E-state index is 0.492. The van der Waals surface area contributed by atoms with E-state index in [2.05, 4.69) is 158 Å². The molecule has 0 fully saturated rings. The number of aromatic nitrogens is 4. The molecule has 0 saturated carbocycles. The smallest absolute Gasteiger partial charge is 0.164 e. The van der Waals surface area contributed by atoms with Crippen LogP contribution in [0.4, 0.5) is 0 Å². The largest absolute Gasteiger partial charge is 0.248 e. The average Bonchev–Trinajstić information content (AvgIpc) is 3.57. The summed E-state index contributed by atoms with van der Waals surface area (Å²) in [5, 5.41) is 0.